The molecule has 16 heteroatoms. The molecule has 336 valence electrons. The van der Waals surface area contributed by atoms with Gasteiger partial charge in [0.05, 0.1) is 39.1 Å². The van der Waals surface area contributed by atoms with Crippen LogP contribution in [0.2, 0.25) is 0 Å². The van der Waals surface area contributed by atoms with Crippen molar-refractivity contribution >= 4 is 23.7 Å². The van der Waals surface area contributed by atoms with E-state index in [1.807, 2.05) is 82.3 Å². The number of H-pyrrole nitrogens is 1. The Morgan fingerprint density at radius 3 is 2.15 bits per heavy atom. The third-order valence-electron chi connectivity index (χ3n) is 10.3. The van der Waals surface area contributed by atoms with E-state index in [4.69, 9.17) is 33.8 Å². The number of ether oxygens (including phenoxy) is 5. The van der Waals surface area contributed by atoms with Gasteiger partial charge in [-0.05, 0) is 114 Å². The Labute approximate surface area is 364 Å². The van der Waals surface area contributed by atoms with E-state index in [9.17, 15) is 14.4 Å². The Balaban J connectivity index is 1.04. The number of hydrogen-bond acceptors (Lipinski definition) is 12. The van der Waals surface area contributed by atoms with Crippen LogP contribution in [0, 0.1) is 0 Å². The van der Waals surface area contributed by atoms with Crippen LogP contribution in [-0.4, -0.2) is 113 Å². The lowest BCUT2D eigenvalue weighted by Crippen LogP contribution is -2.50. The molecule has 1 atom stereocenters. The maximum Gasteiger partial charge on any atom is 0.410 e. The van der Waals surface area contributed by atoms with Crippen LogP contribution in [0.1, 0.15) is 107 Å². The molecule has 3 heterocycles. The van der Waals surface area contributed by atoms with Crippen molar-refractivity contribution in [3.8, 4) is 17.1 Å². The predicted octanol–water partition coefficient (Wildman–Crippen LogP) is 7.55. The number of aromatic nitrogens is 4. The van der Waals surface area contributed by atoms with E-state index in [0.29, 0.717) is 95.8 Å². The molecule has 5 rings (SSSR count). The number of amides is 2. The first-order valence-corrected chi connectivity index (χ1v) is 21.6. The lowest BCUT2D eigenvalue weighted by atomic mass is 9.86. The summed E-state index contributed by atoms with van der Waals surface area (Å²) in [7, 11) is 0. The number of benzene rings is 2. The summed E-state index contributed by atoms with van der Waals surface area (Å²) in [6, 6.07) is 18.7. The van der Waals surface area contributed by atoms with Gasteiger partial charge in [0, 0.05) is 61.9 Å². The predicted molar refractivity (Wildman–Crippen MR) is 234 cm³/mol. The SMILES string of the molecule is C[C@@H](NC(=O)c1cccc(NC2(c3nc(-c4ccncc4)n[nH]3)CCN(C(=O)OC(C)(C)C)CC2)c1)c1ccc(OCCCCCCOCCOCCOCCCC(=O)O)cc1. The second-order valence-corrected chi connectivity index (χ2v) is 16.4. The molecule has 1 aliphatic heterocycles. The van der Waals surface area contributed by atoms with Crippen molar-refractivity contribution in [1.29, 1.82) is 0 Å². The van der Waals surface area contributed by atoms with Crippen LogP contribution in [0.3, 0.4) is 0 Å². The molecule has 0 unspecified atom stereocenters. The minimum absolute atomic E-state index is 0.117. The number of anilines is 1. The molecule has 16 nitrogen and oxygen atoms in total. The Hall–Kier alpha value is -5.58. The number of aromatic amines is 1. The Bertz CT molecular complexity index is 1960. The van der Waals surface area contributed by atoms with Crippen LogP contribution in [0.15, 0.2) is 73.1 Å². The summed E-state index contributed by atoms with van der Waals surface area (Å²) in [5, 5.41) is 23.1. The number of carbonyl (C=O) groups is 3. The summed E-state index contributed by atoms with van der Waals surface area (Å²) in [6.45, 7) is 12.1. The van der Waals surface area contributed by atoms with Crippen LogP contribution in [0.25, 0.3) is 11.4 Å². The number of rotatable bonds is 25. The van der Waals surface area contributed by atoms with Gasteiger partial charge in [-0.1, -0.05) is 24.6 Å². The molecule has 2 amide bonds. The number of pyridine rings is 1. The zero-order valence-electron chi connectivity index (χ0n) is 36.5. The van der Waals surface area contributed by atoms with Gasteiger partial charge in [0.1, 0.15) is 16.9 Å². The van der Waals surface area contributed by atoms with Crippen molar-refractivity contribution in [1.82, 2.24) is 30.4 Å². The highest BCUT2D eigenvalue weighted by Gasteiger charge is 2.41. The molecule has 0 aliphatic carbocycles. The smallest absolute Gasteiger partial charge is 0.410 e. The number of unbranched alkanes of at least 4 members (excludes halogenated alkanes) is 3. The van der Waals surface area contributed by atoms with E-state index < -0.39 is 17.1 Å². The first-order chi connectivity index (χ1) is 29.9. The van der Waals surface area contributed by atoms with E-state index in [1.54, 1.807) is 23.4 Å². The van der Waals surface area contributed by atoms with Gasteiger partial charge in [-0.25, -0.2) is 9.78 Å². The van der Waals surface area contributed by atoms with Gasteiger partial charge in [0.25, 0.3) is 5.91 Å². The average Bonchev–Trinajstić information content (AvgIpc) is 3.76. The number of hydrogen-bond donors (Lipinski definition) is 4. The molecule has 1 saturated heterocycles. The third kappa shape index (κ3) is 15.7. The number of carboxylic acid groups (broad SMARTS) is 1. The van der Waals surface area contributed by atoms with Crippen molar-refractivity contribution < 1.29 is 43.2 Å². The van der Waals surface area contributed by atoms with Crippen LogP contribution in [-0.2, 0) is 29.3 Å². The molecule has 0 spiro atoms. The minimum atomic E-state index is -0.811. The number of nitrogens with one attached hydrogen (secondary N) is 3. The van der Waals surface area contributed by atoms with E-state index in [-0.39, 0.29) is 24.5 Å². The van der Waals surface area contributed by atoms with Crippen LogP contribution in [0.4, 0.5) is 10.5 Å². The zero-order chi connectivity index (χ0) is 44.2. The topological polar surface area (TPSA) is 199 Å². The summed E-state index contributed by atoms with van der Waals surface area (Å²) in [6.07, 6.45) is 8.72. The highest BCUT2D eigenvalue weighted by atomic mass is 16.6. The molecule has 4 aromatic rings. The highest BCUT2D eigenvalue weighted by Crippen LogP contribution is 2.36. The van der Waals surface area contributed by atoms with E-state index >= 15 is 0 Å². The fourth-order valence-corrected chi connectivity index (χ4v) is 6.87. The van der Waals surface area contributed by atoms with Crippen molar-refractivity contribution in [2.45, 2.75) is 96.2 Å². The van der Waals surface area contributed by atoms with Gasteiger partial charge in [-0.15, -0.1) is 0 Å². The first kappa shape index (κ1) is 47.5. The average molecular weight is 858 g/mol. The molecule has 0 bridgehead atoms. The summed E-state index contributed by atoms with van der Waals surface area (Å²) in [5.74, 6) is 0.945. The van der Waals surface area contributed by atoms with Gasteiger partial charge in [-0.3, -0.25) is 19.7 Å². The largest absolute Gasteiger partial charge is 0.494 e. The quantitative estimate of drug-likeness (QED) is 0.0477. The first-order valence-electron chi connectivity index (χ1n) is 21.6. The summed E-state index contributed by atoms with van der Waals surface area (Å²) in [5.41, 5.74) is 1.72. The molecular formula is C46H63N7O9. The van der Waals surface area contributed by atoms with Gasteiger partial charge in [0.15, 0.2) is 11.6 Å². The molecule has 2 aromatic heterocycles. The summed E-state index contributed by atoms with van der Waals surface area (Å²) >= 11 is 0. The molecule has 62 heavy (non-hydrogen) atoms. The Kier molecular flexibility index (Phi) is 18.5. The maximum atomic E-state index is 13.6. The lowest BCUT2D eigenvalue weighted by molar-refractivity contribution is -0.137. The van der Waals surface area contributed by atoms with Gasteiger partial charge < -0.3 is 44.3 Å². The zero-order valence-corrected chi connectivity index (χ0v) is 36.5. The standard InChI is InChI=1S/C46H63N7O9/c1-34(35-14-16-39(17-15-35)61-28-8-6-5-7-26-58-29-31-60-32-30-59-27-10-13-40(54)55)48-42(56)37-11-9-12-38(33-37)50-46(20-24-53(25-21-46)44(57)62-45(2,3)4)43-49-41(51-52-43)36-18-22-47-23-19-36/h9,11-12,14-19,22-23,33-34,50H,5-8,10,13,20-21,24-32H2,1-4H3,(H,48,56)(H,54,55)(H,49,51,52)/t34-/m1/s1. The lowest BCUT2D eigenvalue weighted by Gasteiger charge is -2.41. The molecule has 1 fully saturated rings. The van der Waals surface area contributed by atoms with Crippen LogP contribution in [0.5, 0.6) is 5.75 Å². The minimum Gasteiger partial charge on any atom is -0.494 e. The maximum absolute atomic E-state index is 13.6. The van der Waals surface area contributed by atoms with E-state index in [0.717, 1.165) is 48.2 Å². The highest BCUT2D eigenvalue weighted by molar-refractivity contribution is 5.95. The van der Waals surface area contributed by atoms with Crippen LogP contribution < -0.4 is 15.4 Å². The molecule has 0 saturated carbocycles. The van der Waals surface area contributed by atoms with Crippen molar-refractivity contribution in [3.05, 3.63) is 90.0 Å². The van der Waals surface area contributed by atoms with Gasteiger partial charge in [-0.2, -0.15) is 5.10 Å². The second kappa shape index (κ2) is 24.2. The number of nitrogens with zero attached hydrogens (tertiary/aromatic N) is 4. The number of carboxylic acids is 1. The molecule has 4 N–H and O–H groups in total. The number of piperidine rings is 1. The second-order valence-electron chi connectivity index (χ2n) is 16.4. The van der Waals surface area contributed by atoms with Crippen molar-refractivity contribution in [3.63, 3.8) is 0 Å². The van der Waals surface area contributed by atoms with Crippen molar-refractivity contribution in [2.75, 3.05) is 64.7 Å². The third-order valence-corrected chi connectivity index (χ3v) is 10.3. The number of aliphatic carboxylic acids is 1. The Morgan fingerprint density at radius 1 is 0.839 bits per heavy atom. The number of likely N-dealkylation sites (tertiary alicyclic amines) is 1. The molecular weight excluding hydrogens is 795 g/mol. The molecule has 1 aliphatic rings. The summed E-state index contributed by atoms with van der Waals surface area (Å²) < 4.78 is 28.1. The van der Waals surface area contributed by atoms with E-state index in [2.05, 4.69) is 25.8 Å². The van der Waals surface area contributed by atoms with Crippen LogP contribution >= 0.6 is 0 Å². The Morgan fingerprint density at radius 2 is 1.48 bits per heavy atom. The van der Waals surface area contributed by atoms with Crippen molar-refractivity contribution in [2.24, 2.45) is 0 Å². The fourth-order valence-electron chi connectivity index (χ4n) is 6.87. The van der Waals surface area contributed by atoms with Gasteiger partial charge >= 0.3 is 12.1 Å². The molecule has 0 radical (unpaired) electrons. The monoisotopic (exact) mass is 857 g/mol. The van der Waals surface area contributed by atoms with Gasteiger partial charge in [0.2, 0.25) is 0 Å². The van der Waals surface area contributed by atoms with E-state index in [1.165, 1.54) is 0 Å². The fraction of sp³-hybridized carbons (Fsp3) is 0.522. The molecule has 2 aromatic carbocycles. The summed E-state index contributed by atoms with van der Waals surface area (Å²) in [4.78, 5) is 47.7. The normalized spacial score (nSPS) is 14.2. The number of carbonyl (C=O) groups excluding carboxylic acids is 2.